The van der Waals surface area contributed by atoms with Crippen molar-refractivity contribution in [3.05, 3.63) is 47.6 Å². The smallest absolute Gasteiger partial charge is 0.0142 e. The van der Waals surface area contributed by atoms with Gasteiger partial charge in [-0.2, -0.15) is 0 Å². The van der Waals surface area contributed by atoms with E-state index in [9.17, 15) is 0 Å². The molecule has 0 aliphatic heterocycles. The number of hydrogen-bond donors (Lipinski definition) is 0. The number of hydrogen-bond acceptors (Lipinski definition) is 0. The highest BCUT2D eigenvalue weighted by atomic mass is 14.5. The van der Waals surface area contributed by atoms with Crippen molar-refractivity contribution in [2.75, 3.05) is 0 Å². The molecule has 1 saturated carbocycles. The summed E-state index contributed by atoms with van der Waals surface area (Å²) < 4.78 is 0. The summed E-state index contributed by atoms with van der Waals surface area (Å²) in [6, 6.07) is 0. The Labute approximate surface area is 157 Å². The maximum Gasteiger partial charge on any atom is -0.0142 e. The van der Waals surface area contributed by atoms with Crippen molar-refractivity contribution in [2.24, 2.45) is 28.6 Å². The average molecular weight is 341 g/mol. The van der Waals surface area contributed by atoms with Crippen LogP contribution in [0.2, 0.25) is 0 Å². The zero-order valence-electron chi connectivity index (χ0n) is 17.8. The maximum absolute atomic E-state index is 4.53. The molecule has 0 nitrogen and oxygen atoms in total. The van der Waals surface area contributed by atoms with Crippen molar-refractivity contribution in [1.82, 2.24) is 0 Å². The average Bonchev–Trinajstić information content (AvgIpc) is 2.55. The van der Waals surface area contributed by atoms with Crippen LogP contribution in [-0.4, -0.2) is 0 Å². The number of rotatable bonds is 5. The summed E-state index contributed by atoms with van der Waals surface area (Å²) in [7, 11) is 0. The first-order valence-electron chi connectivity index (χ1n) is 10.4. The predicted molar refractivity (Wildman–Crippen MR) is 113 cm³/mol. The van der Waals surface area contributed by atoms with E-state index in [-0.39, 0.29) is 0 Å². The van der Waals surface area contributed by atoms with Gasteiger partial charge in [-0.1, -0.05) is 79.3 Å². The molecule has 2 aliphatic carbocycles. The van der Waals surface area contributed by atoms with E-state index >= 15 is 0 Å². The minimum Gasteiger partial charge on any atom is -0.0909 e. The van der Waals surface area contributed by atoms with Crippen LogP contribution in [-0.2, 0) is 0 Å². The maximum atomic E-state index is 4.53. The van der Waals surface area contributed by atoms with Crippen molar-refractivity contribution in [3.8, 4) is 0 Å². The highest BCUT2D eigenvalue weighted by Gasteiger charge is 2.49. The SMILES string of the molecule is C=C(C1=CC2C(CC1C)C(C)(C)CCC2(C)C)C(/C=C\CC)=C/CC. The Bertz CT molecular complexity index is 579. The van der Waals surface area contributed by atoms with Gasteiger partial charge < -0.3 is 0 Å². The molecule has 3 unspecified atom stereocenters. The zero-order valence-corrected chi connectivity index (χ0v) is 17.8. The van der Waals surface area contributed by atoms with Crippen molar-refractivity contribution in [1.29, 1.82) is 0 Å². The van der Waals surface area contributed by atoms with Gasteiger partial charge in [-0.05, 0) is 77.4 Å². The fraction of sp³-hybridized carbons (Fsp3) is 0.680. The Morgan fingerprint density at radius 2 is 1.76 bits per heavy atom. The van der Waals surface area contributed by atoms with Crippen LogP contribution in [0.5, 0.6) is 0 Å². The Morgan fingerprint density at radius 1 is 1.12 bits per heavy atom. The Kier molecular flexibility index (Phi) is 6.23. The number of allylic oxidation sites excluding steroid dienone is 7. The monoisotopic (exact) mass is 340 g/mol. The molecule has 25 heavy (non-hydrogen) atoms. The standard InChI is InChI=1S/C25H40/c1-9-11-13-20(12-10-2)19(4)21-17-23-22(16-18(21)3)24(5,6)14-15-25(23,7)8/h11-13,17-18,22-23H,4,9-10,14-16H2,1-3,5-8H3/b13-11-,20-12+. The van der Waals surface area contributed by atoms with Crippen LogP contribution in [0, 0.1) is 28.6 Å². The molecule has 0 radical (unpaired) electrons. The van der Waals surface area contributed by atoms with Crippen molar-refractivity contribution >= 4 is 0 Å². The van der Waals surface area contributed by atoms with E-state index in [0.717, 1.165) is 18.8 Å². The molecule has 0 spiro atoms. The first kappa shape index (κ1) is 20.3. The van der Waals surface area contributed by atoms with Gasteiger partial charge in [-0.3, -0.25) is 0 Å². The van der Waals surface area contributed by atoms with Gasteiger partial charge in [-0.25, -0.2) is 0 Å². The molecule has 140 valence electrons. The summed E-state index contributed by atoms with van der Waals surface area (Å²) in [5.41, 5.74) is 4.96. The van der Waals surface area contributed by atoms with Gasteiger partial charge in [0.2, 0.25) is 0 Å². The van der Waals surface area contributed by atoms with E-state index in [1.165, 1.54) is 36.0 Å². The topological polar surface area (TPSA) is 0 Å². The van der Waals surface area contributed by atoms with E-state index < -0.39 is 0 Å². The molecule has 0 aromatic carbocycles. The summed E-state index contributed by atoms with van der Waals surface area (Å²) in [5.74, 6) is 2.09. The van der Waals surface area contributed by atoms with Gasteiger partial charge in [0.25, 0.3) is 0 Å². The van der Waals surface area contributed by atoms with Gasteiger partial charge >= 0.3 is 0 Å². The van der Waals surface area contributed by atoms with E-state index in [4.69, 9.17) is 0 Å². The fourth-order valence-corrected chi connectivity index (χ4v) is 5.02. The lowest BCUT2D eigenvalue weighted by Gasteiger charge is -2.54. The first-order valence-corrected chi connectivity index (χ1v) is 10.4. The second kappa shape index (κ2) is 7.68. The van der Waals surface area contributed by atoms with Crippen LogP contribution in [0.1, 0.15) is 80.6 Å². The first-order chi connectivity index (χ1) is 11.6. The van der Waals surface area contributed by atoms with E-state index in [1.54, 1.807) is 0 Å². The molecular weight excluding hydrogens is 300 g/mol. The van der Waals surface area contributed by atoms with Crippen LogP contribution < -0.4 is 0 Å². The minimum absolute atomic E-state index is 0.403. The number of fused-ring (bicyclic) bond motifs is 1. The van der Waals surface area contributed by atoms with Crippen LogP contribution >= 0.6 is 0 Å². The van der Waals surface area contributed by atoms with Crippen LogP contribution in [0.3, 0.4) is 0 Å². The molecule has 1 fully saturated rings. The van der Waals surface area contributed by atoms with Crippen molar-refractivity contribution in [2.45, 2.75) is 80.6 Å². The highest BCUT2D eigenvalue weighted by Crippen LogP contribution is 2.58. The molecule has 0 heteroatoms. The van der Waals surface area contributed by atoms with Crippen LogP contribution in [0.25, 0.3) is 0 Å². The van der Waals surface area contributed by atoms with E-state index in [0.29, 0.717) is 22.7 Å². The van der Waals surface area contributed by atoms with Crippen LogP contribution in [0.15, 0.2) is 47.6 Å². The minimum atomic E-state index is 0.403. The Morgan fingerprint density at radius 3 is 2.36 bits per heavy atom. The largest absolute Gasteiger partial charge is 0.0909 e. The molecule has 0 heterocycles. The Hall–Kier alpha value is -1.04. The second-order valence-corrected chi connectivity index (χ2v) is 9.73. The third kappa shape index (κ3) is 4.21. The van der Waals surface area contributed by atoms with Gasteiger partial charge in [0.15, 0.2) is 0 Å². The van der Waals surface area contributed by atoms with Crippen molar-refractivity contribution < 1.29 is 0 Å². The van der Waals surface area contributed by atoms with E-state index in [1.807, 2.05) is 0 Å². The second-order valence-electron chi connectivity index (χ2n) is 9.73. The van der Waals surface area contributed by atoms with Gasteiger partial charge in [0.1, 0.15) is 0 Å². The lowest BCUT2D eigenvalue weighted by Crippen LogP contribution is -2.46. The molecule has 0 saturated heterocycles. The summed E-state index contributed by atoms with van der Waals surface area (Å²) in [6.07, 6.45) is 15.7. The molecular formula is C25H40. The summed E-state index contributed by atoms with van der Waals surface area (Å²) in [6.45, 7) is 21.3. The summed E-state index contributed by atoms with van der Waals surface area (Å²) in [5, 5.41) is 0. The summed E-state index contributed by atoms with van der Waals surface area (Å²) >= 11 is 0. The Balaban J connectivity index is 2.41. The molecule has 0 aromatic heterocycles. The molecule has 0 aromatic rings. The molecule has 2 rings (SSSR count). The van der Waals surface area contributed by atoms with Crippen LogP contribution in [0.4, 0.5) is 0 Å². The van der Waals surface area contributed by atoms with E-state index in [2.05, 4.69) is 79.3 Å². The van der Waals surface area contributed by atoms with Crippen molar-refractivity contribution in [3.63, 3.8) is 0 Å². The summed E-state index contributed by atoms with van der Waals surface area (Å²) in [4.78, 5) is 0. The quantitative estimate of drug-likeness (QED) is 0.446. The molecule has 0 amide bonds. The van der Waals surface area contributed by atoms with Gasteiger partial charge in [0.05, 0.1) is 0 Å². The third-order valence-electron chi connectivity index (χ3n) is 6.90. The predicted octanol–water partition coefficient (Wildman–Crippen LogP) is 7.89. The van der Waals surface area contributed by atoms with Gasteiger partial charge in [-0.15, -0.1) is 0 Å². The van der Waals surface area contributed by atoms with Gasteiger partial charge in [0, 0.05) is 0 Å². The normalized spacial score (nSPS) is 31.6. The zero-order chi connectivity index (χ0) is 18.8. The molecule has 2 aliphatic rings. The third-order valence-corrected chi connectivity index (χ3v) is 6.90. The molecule has 0 N–H and O–H groups in total. The highest BCUT2D eigenvalue weighted by molar-refractivity contribution is 5.52. The fourth-order valence-electron chi connectivity index (χ4n) is 5.02. The lowest BCUT2D eigenvalue weighted by molar-refractivity contribution is -0.0101. The lowest BCUT2D eigenvalue weighted by atomic mass is 9.50. The molecule has 0 bridgehead atoms. The molecule has 3 atom stereocenters.